The van der Waals surface area contributed by atoms with E-state index in [1.165, 1.54) is 4.90 Å². The van der Waals surface area contributed by atoms with E-state index in [1.54, 1.807) is 20.2 Å². The zero-order chi connectivity index (χ0) is 13.7. The summed E-state index contributed by atoms with van der Waals surface area (Å²) in [5.41, 5.74) is 0.599. The van der Waals surface area contributed by atoms with Crippen LogP contribution in [-0.2, 0) is 11.3 Å². The predicted molar refractivity (Wildman–Crippen MR) is 73.5 cm³/mol. The molecule has 0 saturated heterocycles. The number of hydrogen-bond acceptors (Lipinski definition) is 2. The third-order valence-corrected chi connectivity index (χ3v) is 2.99. The molecule has 0 aromatic carbocycles. The van der Waals surface area contributed by atoms with Gasteiger partial charge in [0.05, 0.1) is 0 Å². The fourth-order valence-electron chi connectivity index (χ4n) is 1.52. The van der Waals surface area contributed by atoms with Crippen molar-refractivity contribution in [1.82, 2.24) is 14.8 Å². The van der Waals surface area contributed by atoms with Crippen molar-refractivity contribution in [2.45, 2.75) is 19.9 Å². The highest BCUT2D eigenvalue weighted by Crippen LogP contribution is 2.14. The van der Waals surface area contributed by atoms with Crippen LogP contribution in [0.4, 0.5) is 0 Å². The van der Waals surface area contributed by atoms with Crippen LogP contribution in [0.15, 0.2) is 16.7 Å². The van der Waals surface area contributed by atoms with Crippen LogP contribution in [0, 0.1) is 0 Å². The SMILES string of the molecule is CCn1cc(Br)cc1C(=O)NCCC(=O)N(C)C. The first-order chi connectivity index (χ1) is 8.45. The number of nitrogens with zero attached hydrogens (tertiary/aromatic N) is 2. The van der Waals surface area contributed by atoms with Crippen LogP contribution >= 0.6 is 15.9 Å². The van der Waals surface area contributed by atoms with Crippen molar-refractivity contribution in [3.05, 3.63) is 22.4 Å². The molecule has 100 valence electrons. The Morgan fingerprint density at radius 2 is 2.11 bits per heavy atom. The minimum atomic E-state index is -0.158. The average Bonchev–Trinajstić information content (AvgIpc) is 2.70. The van der Waals surface area contributed by atoms with Gasteiger partial charge >= 0.3 is 0 Å². The Kier molecular flexibility index (Phi) is 5.40. The van der Waals surface area contributed by atoms with Gasteiger partial charge in [0.25, 0.3) is 5.91 Å². The summed E-state index contributed by atoms with van der Waals surface area (Å²) in [5, 5.41) is 2.74. The minimum Gasteiger partial charge on any atom is -0.350 e. The molecule has 1 rings (SSSR count). The minimum absolute atomic E-state index is 0.00218. The average molecular weight is 316 g/mol. The lowest BCUT2D eigenvalue weighted by Gasteiger charge is -2.11. The van der Waals surface area contributed by atoms with Crippen molar-refractivity contribution >= 4 is 27.7 Å². The standard InChI is InChI=1S/C12H18BrN3O2/c1-4-16-8-9(13)7-10(16)12(18)14-6-5-11(17)15(2)3/h7-8H,4-6H2,1-3H3,(H,14,18). The van der Waals surface area contributed by atoms with E-state index in [4.69, 9.17) is 0 Å². The van der Waals surface area contributed by atoms with Crippen LogP contribution in [0.25, 0.3) is 0 Å². The quantitative estimate of drug-likeness (QED) is 0.894. The smallest absolute Gasteiger partial charge is 0.267 e. The van der Waals surface area contributed by atoms with Crippen LogP contribution < -0.4 is 5.32 Å². The number of amides is 2. The van der Waals surface area contributed by atoms with Gasteiger partial charge < -0.3 is 14.8 Å². The molecule has 1 N–H and O–H groups in total. The lowest BCUT2D eigenvalue weighted by molar-refractivity contribution is -0.128. The molecule has 0 unspecified atom stereocenters. The number of aromatic nitrogens is 1. The van der Waals surface area contributed by atoms with Gasteiger partial charge in [0.1, 0.15) is 5.69 Å². The second kappa shape index (κ2) is 6.58. The van der Waals surface area contributed by atoms with Crippen molar-refractivity contribution < 1.29 is 9.59 Å². The molecule has 5 nitrogen and oxygen atoms in total. The second-order valence-corrected chi connectivity index (χ2v) is 5.04. The van der Waals surface area contributed by atoms with Gasteiger partial charge in [0.2, 0.25) is 5.91 Å². The summed E-state index contributed by atoms with van der Waals surface area (Å²) >= 11 is 3.34. The Hall–Kier alpha value is -1.30. The van der Waals surface area contributed by atoms with Crippen LogP contribution in [0.2, 0.25) is 0 Å². The third kappa shape index (κ3) is 3.87. The molecule has 0 aliphatic rings. The first kappa shape index (κ1) is 14.8. The van der Waals surface area contributed by atoms with Gasteiger partial charge in [-0.25, -0.2) is 0 Å². The van der Waals surface area contributed by atoms with Gasteiger partial charge in [-0.1, -0.05) is 0 Å². The van der Waals surface area contributed by atoms with Crippen molar-refractivity contribution in [3.63, 3.8) is 0 Å². The number of nitrogens with one attached hydrogen (secondary N) is 1. The summed E-state index contributed by atoms with van der Waals surface area (Å²) in [5.74, 6) is -0.156. The first-order valence-electron chi connectivity index (χ1n) is 5.79. The van der Waals surface area contributed by atoms with Crippen molar-refractivity contribution in [3.8, 4) is 0 Å². The van der Waals surface area contributed by atoms with Gasteiger partial charge in [-0.3, -0.25) is 9.59 Å². The Morgan fingerprint density at radius 3 is 2.67 bits per heavy atom. The van der Waals surface area contributed by atoms with Crippen molar-refractivity contribution in [1.29, 1.82) is 0 Å². The molecule has 0 aliphatic heterocycles. The fraction of sp³-hybridized carbons (Fsp3) is 0.500. The molecule has 0 fully saturated rings. The molecule has 1 heterocycles. The van der Waals surface area contributed by atoms with Crippen LogP contribution in [-0.4, -0.2) is 41.9 Å². The molecule has 1 aromatic heterocycles. The van der Waals surface area contributed by atoms with E-state index in [2.05, 4.69) is 21.2 Å². The van der Waals surface area contributed by atoms with E-state index >= 15 is 0 Å². The maximum atomic E-state index is 11.9. The highest BCUT2D eigenvalue weighted by molar-refractivity contribution is 9.10. The second-order valence-electron chi connectivity index (χ2n) is 4.12. The number of carbonyl (C=O) groups excluding carboxylic acids is 2. The highest BCUT2D eigenvalue weighted by atomic mass is 79.9. The zero-order valence-electron chi connectivity index (χ0n) is 10.9. The number of halogens is 1. The van der Waals surface area contributed by atoms with Crippen LogP contribution in [0.3, 0.4) is 0 Å². The molecule has 0 radical (unpaired) electrons. The largest absolute Gasteiger partial charge is 0.350 e. The van der Waals surface area contributed by atoms with Gasteiger partial charge in [-0.15, -0.1) is 0 Å². The van der Waals surface area contributed by atoms with Gasteiger partial charge in [0, 0.05) is 44.3 Å². The monoisotopic (exact) mass is 315 g/mol. The lowest BCUT2D eigenvalue weighted by atomic mass is 10.3. The molecular formula is C12H18BrN3O2. The fourth-order valence-corrected chi connectivity index (χ4v) is 1.99. The highest BCUT2D eigenvalue weighted by Gasteiger charge is 2.12. The Bertz CT molecular complexity index is 441. The summed E-state index contributed by atoms with van der Waals surface area (Å²) in [4.78, 5) is 24.8. The Balaban J connectivity index is 2.53. The number of rotatable bonds is 5. The molecule has 0 saturated carbocycles. The maximum absolute atomic E-state index is 11.9. The number of hydrogen-bond donors (Lipinski definition) is 1. The van der Waals surface area contributed by atoms with Crippen LogP contribution in [0.5, 0.6) is 0 Å². The Labute approximate surface area is 115 Å². The van der Waals surface area contributed by atoms with E-state index < -0.39 is 0 Å². The topological polar surface area (TPSA) is 54.3 Å². The van der Waals surface area contributed by atoms with E-state index in [9.17, 15) is 9.59 Å². The first-order valence-corrected chi connectivity index (χ1v) is 6.59. The van der Waals surface area contributed by atoms with E-state index in [1.807, 2.05) is 17.7 Å². The molecular weight excluding hydrogens is 298 g/mol. The Morgan fingerprint density at radius 1 is 1.44 bits per heavy atom. The molecule has 0 bridgehead atoms. The molecule has 2 amide bonds. The van der Waals surface area contributed by atoms with E-state index in [0.717, 1.165) is 11.0 Å². The summed E-state index contributed by atoms with van der Waals surface area (Å²) in [7, 11) is 3.40. The summed E-state index contributed by atoms with van der Waals surface area (Å²) in [6.45, 7) is 3.05. The molecule has 6 heteroatoms. The molecule has 0 atom stereocenters. The van der Waals surface area contributed by atoms with E-state index in [-0.39, 0.29) is 11.8 Å². The van der Waals surface area contributed by atoms with Gasteiger partial charge in [0.15, 0.2) is 0 Å². The normalized spacial score (nSPS) is 10.2. The van der Waals surface area contributed by atoms with Crippen LogP contribution in [0.1, 0.15) is 23.8 Å². The third-order valence-electron chi connectivity index (χ3n) is 2.56. The molecule has 1 aromatic rings. The van der Waals surface area contributed by atoms with Gasteiger partial charge in [-0.05, 0) is 28.9 Å². The maximum Gasteiger partial charge on any atom is 0.267 e. The summed E-state index contributed by atoms with van der Waals surface area (Å²) in [6, 6.07) is 1.77. The zero-order valence-corrected chi connectivity index (χ0v) is 12.5. The molecule has 0 aliphatic carbocycles. The molecule has 18 heavy (non-hydrogen) atoms. The number of carbonyl (C=O) groups is 2. The summed E-state index contributed by atoms with van der Waals surface area (Å²) < 4.78 is 2.73. The van der Waals surface area contributed by atoms with Gasteiger partial charge in [-0.2, -0.15) is 0 Å². The predicted octanol–water partition coefficient (Wildman–Crippen LogP) is 1.48. The van der Waals surface area contributed by atoms with Crippen molar-refractivity contribution in [2.24, 2.45) is 0 Å². The lowest BCUT2D eigenvalue weighted by Crippen LogP contribution is -2.31. The van der Waals surface area contributed by atoms with E-state index in [0.29, 0.717) is 18.7 Å². The summed E-state index contributed by atoms with van der Waals surface area (Å²) in [6.07, 6.45) is 2.17. The number of aryl methyl sites for hydroxylation is 1. The van der Waals surface area contributed by atoms with Crippen molar-refractivity contribution in [2.75, 3.05) is 20.6 Å². The molecule has 0 spiro atoms.